The number of para-hydroxylation sites is 2. The molecule has 0 aliphatic heterocycles. The Bertz CT molecular complexity index is 3130. The average molecular weight is 883 g/mol. The van der Waals surface area contributed by atoms with Crippen LogP contribution in [0.4, 0.5) is 11.4 Å². The molecule has 8 aromatic rings. The second kappa shape index (κ2) is 19.5. The molecule has 0 aliphatic carbocycles. The fraction of sp³-hybridized carbons (Fsp3) is 0. The molecule has 0 amide bonds. The summed E-state index contributed by atoms with van der Waals surface area (Å²) in [6.45, 7) is 0. The maximum Gasteiger partial charge on any atom is 0.335 e. The lowest BCUT2D eigenvalue weighted by molar-refractivity contribution is 0.0686. The Balaban J connectivity index is 0.000000191. The van der Waals surface area contributed by atoms with Crippen molar-refractivity contribution in [3.05, 3.63) is 192 Å². The molecule has 0 fully saturated rings. The topological polar surface area (TPSA) is 198 Å². The SMILES string of the molecule is NC(=S)N(N=Cc1cccc(-c2cccc3ccccc23)c1O)c1ccc(C(=O)O)cc1.NC(=S)N(N=Cc1cccc(-c2cccc3ccccc23)c1O)c1cccc(C(=O)O)c1. The minimum atomic E-state index is -1.07. The molecule has 0 spiro atoms. The van der Waals surface area contributed by atoms with Crippen molar-refractivity contribution < 1.29 is 30.0 Å². The van der Waals surface area contributed by atoms with Crippen molar-refractivity contribution in [2.75, 3.05) is 10.0 Å². The third-order valence-corrected chi connectivity index (χ3v) is 10.4. The van der Waals surface area contributed by atoms with E-state index in [0.717, 1.165) is 32.7 Å². The number of nitrogens with two attached hydrogens (primary N) is 2. The Kier molecular flexibility index (Phi) is 13.3. The van der Waals surface area contributed by atoms with Crippen LogP contribution in [0.25, 0.3) is 43.8 Å². The molecule has 12 nitrogen and oxygen atoms in total. The standard InChI is InChI=1S/2C25H19N3O3S/c26-25(32)28(19-10-3-8-17(14-19)24(30)31)27-15-18-9-5-13-22(23(18)29)21-12-4-7-16-6-1-2-11-20(16)21;26-25(32)28(19-13-11-17(12-14-19)24(30)31)27-15-18-7-4-10-22(23(18)29)21-9-3-6-16-5-1-2-8-20(16)21/h2*1-15,29H,(H2,26,32)(H,30,31). The van der Waals surface area contributed by atoms with Crippen LogP contribution in [-0.2, 0) is 0 Å². The quantitative estimate of drug-likeness (QED) is 0.0432. The summed E-state index contributed by atoms with van der Waals surface area (Å²) in [5.41, 5.74) is 16.9. The summed E-state index contributed by atoms with van der Waals surface area (Å²) in [7, 11) is 0. The van der Waals surface area contributed by atoms with Crippen LogP contribution in [0, 0.1) is 0 Å². The minimum Gasteiger partial charge on any atom is -0.507 e. The van der Waals surface area contributed by atoms with E-state index in [-0.39, 0.29) is 32.9 Å². The summed E-state index contributed by atoms with van der Waals surface area (Å²) >= 11 is 10.2. The van der Waals surface area contributed by atoms with Gasteiger partial charge in [-0.25, -0.2) is 19.6 Å². The number of nitrogens with zero attached hydrogens (tertiary/aromatic N) is 4. The number of anilines is 2. The van der Waals surface area contributed by atoms with Gasteiger partial charge in [0, 0.05) is 22.3 Å². The molecule has 8 N–H and O–H groups in total. The maximum atomic E-state index is 11.3. The number of carboxylic acids is 2. The van der Waals surface area contributed by atoms with Gasteiger partial charge in [-0.05, 0) is 112 Å². The predicted octanol–water partition coefficient (Wildman–Crippen LogP) is 9.99. The van der Waals surface area contributed by atoms with Gasteiger partial charge >= 0.3 is 11.9 Å². The van der Waals surface area contributed by atoms with Crippen molar-refractivity contribution in [1.82, 2.24) is 0 Å². The number of benzene rings is 8. The highest BCUT2D eigenvalue weighted by Gasteiger charge is 2.16. The molecule has 14 heteroatoms. The first-order chi connectivity index (χ1) is 30.9. The van der Waals surface area contributed by atoms with Crippen molar-refractivity contribution in [3.63, 3.8) is 0 Å². The van der Waals surface area contributed by atoms with E-state index in [4.69, 9.17) is 41.0 Å². The Hall–Kier alpha value is -8.46. The number of hydrogen-bond acceptors (Lipinski definition) is 8. The van der Waals surface area contributed by atoms with Crippen molar-refractivity contribution in [3.8, 4) is 33.8 Å². The van der Waals surface area contributed by atoms with Gasteiger partial charge in [0.1, 0.15) is 11.5 Å². The number of fused-ring (bicyclic) bond motifs is 2. The number of phenols is 2. The van der Waals surface area contributed by atoms with Crippen LogP contribution in [0.3, 0.4) is 0 Å². The van der Waals surface area contributed by atoms with Crippen molar-refractivity contribution >= 4 is 91.9 Å². The number of aromatic carboxylic acids is 2. The van der Waals surface area contributed by atoms with Crippen molar-refractivity contribution in [1.29, 1.82) is 0 Å². The highest BCUT2D eigenvalue weighted by Crippen LogP contribution is 2.37. The molecule has 0 radical (unpaired) electrons. The van der Waals surface area contributed by atoms with Gasteiger partial charge in [0.2, 0.25) is 0 Å². The average Bonchev–Trinajstić information content (AvgIpc) is 3.30. The third-order valence-electron chi connectivity index (χ3n) is 10.0. The van der Waals surface area contributed by atoms with E-state index >= 15 is 0 Å². The number of hydrogen-bond donors (Lipinski definition) is 6. The summed E-state index contributed by atoms with van der Waals surface area (Å²) in [5.74, 6) is -1.96. The molecule has 316 valence electrons. The zero-order valence-electron chi connectivity index (χ0n) is 33.7. The Labute approximate surface area is 377 Å². The predicted molar refractivity (Wildman–Crippen MR) is 263 cm³/mol. The minimum absolute atomic E-state index is 0.0194. The molecule has 64 heavy (non-hydrogen) atoms. The molecular weight excluding hydrogens is 845 g/mol. The smallest absolute Gasteiger partial charge is 0.335 e. The van der Waals surface area contributed by atoms with E-state index < -0.39 is 11.9 Å². The van der Waals surface area contributed by atoms with Crippen molar-refractivity contribution in [2.45, 2.75) is 0 Å². The normalized spacial score (nSPS) is 11.0. The first kappa shape index (κ1) is 43.6. The number of rotatable bonds is 10. The van der Waals surface area contributed by atoms with E-state index in [2.05, 4.69) is 10.2 Å². The molecule has 0 bridgehead atoms. The second-order valence-electron chi connectivity index (χ2n) is 14.0. The highest BCUT2D eigenvalue weighted by atomic mass is 32.1. The molecule has 0 unspecified atom stereocenters. The van der Waals surface area contributed by atoms with Gasteiger partial charge in [-0.1, -0.05) is 115 Å². The van der Waals surface area contributed by atoms with Crippen LogP contribution in [0.1, 0.15) is 31.8 Å². The molecule has 0 saturated carbocycles. The fourth-order valence-electron chi connectivity index (χ4n) is 6.94. The largest absolute Gasteiger partial charge is 0.507 e. The monoisotopic (exact) mass is 882 g/mol. The van der Waals surface area contributed by atoms with E-state index in [1.807, 2.05) is 109 Å². The van der Waals surface area contributed by atoms with Crippen LogP contribution in [0.15, 0.2) is 180 Å². The van der Waals surface area contributed by atoms with Crippen LogP contribution in [0.5, 0.6) is 11.5 Å². The van der Waals surface area contributed by atoms with Crippen LogP contribution >= 0.6 is 24.4 Å². The maximum absolute atomic E-state index is 11.3. The summed E-state index contributed by atoms with van der Waals surface area (Å²) in [6.07, 6.45) is 2.91. The molecule has 0 heterocycles. The lowest BCUT2D eigenvalue weighted by Gasteiger charge is -2.17. The molecule has 0 aliphatic rings. The first-order valence-electron chi connectivity index (χ1n) is 19.4. The zero-order chi connectivity index (χ0) is 45.3. The number of aromatic hydroxyl groups is 2. The molecule has 8 rings (SSSR count). The summed E-state index contributed by atoms with van der Waals surface area (Å²) in [5, 5.41) is 55.6. The van der Waals surface area contributed by atoms with Crippen LogP contribution < -0.4 is 21.5 Å². The summed E-state index contributed by atoms with van der Waals surface area (Å²) in [4.78, 5) is 22.4. The zero-order valence-corrected chi connectivity index (χ0v) is 35.3. The lowest BCUT2D eigenvalue weighted by Crippen LogP contribution is -2.31. The summed E-state index contributed by atoms with van der Waals surface area (Å²) < 4.78 is 0. The number of phenolic OH excluding ortho intramolecular Hbond substituents is 2. The first-order valence-corrected chi connectivity index (χ1v) is 20.3. The van der Waals surface area contributed by atoms with Crippen LogP contribution in [0.2, 0.25) is 0 Å². The fourth-order valence-corrected chi connectivity index (χ4v) is 7.25. The molecular formula is C50H38N6O6S2. The Morgan fingerprint density at radius 1 is 0.469 bits per heavy atom. The summed E-state index contributed by atoms with van der Waals surface area (Å²) in [6, 6.07) is 50.7. The van der Waals surface area contributed by atoms with Crippen LogP contribution in [-0.4, -0.2) is 55.0 Å². The van der Waals surface area contributed by atoms with Gasteiger partial charge in [-0.2, -0.15) is 10.2 Å². The molecule has 0 aromatic heterocycles. The van der Waals surface area contributed by atoms with E-state index in [1.54, 1.807) is 36.4 Å². The second-order valence-corrected chi connectivity index (χ2v) is 14.9. The molecule has 0 saturated heterocycles. The van der Waals surface area contributed by atoms with Gasteiger partial charge in [0.25, 0.3) is 0 Å². The van der Waals surface area contributed by atoms with E-state index in [9.17, 15) is 24.9 Å². The Morgan fingerprint density at radius 3 is 1.34 bits per heavy atom. The highest BCUT2D eigenvalue weighted by molar-refractivity contribution is 7.80. The number of hydrazone groups is 2. The van der Waals surface area contributed by atoms with Crippen molar-refractivity contribution in [2.24, 2.45) is 21.7 Å². The van der Waals surface area contributed by atoms with E-state index in [0.29, 0.717) is 33.6 Å². The molecule has 0 atom stereocenters. The van der Waals surface area contributed by atoms with Gasteiger partial charge in [0.15, 0.2) is 10.2 Å². The number of thiocarbonyl (C=S) groups is 2. The third kappa shape index (κ3) is 9.68. The molecule has 8 aromatic carbocycles. The van der Waals surface area contributed by atoms with E-state index in [1.165, 1.54) is 46.7 Å². The Morgan fingerprint density at radius 2 is 0.875 bits per heavy atom. The lowest BCUT2D eigenvalue weighted by atomic mass is 9.96. The number of carboxylic acid groups (broad SMARTS) is 2. The van der Waals surface area contributed by atoms with Gasteiger partial charge in [-0.15, -0.1) is 0 Å². The van der Waals surface area contributed by atoms with Gasteiger partial charge in [0.05, 0.1) is 34.9 Å². The number of carbonyl (C=O) groups is 2. The van der Waals surface area contributed by atoms with Gasteiger partial charge < -0.3 is 31.9 Å². The van der Waals surface area contributed by atoms with Gasteiger partial charge in [-0.3, -0.25) is 0 Å².